The van der Waals surface area contributed by atoms with Crippen LogP contribution in [0, 0.1) is 13.8 Å². The smallest absolute Gasteiger partial charge is 0.264 e. The summed E-state index contributed by atoms with van der Waals surface area (Å²) in [5.41, 5.74) is 2.61. The zero-order chi connectivity index (χ0) is 30.4. The van der Waals surface area contributed by atoms with Crippen LogP contribution in [0.2, 0.25) is 5.02 Å². The van der Waals surface area contributed by atoms with E-state index in [1.165, 1.54) is 17.0 Å². The third-order valence-electron chi connectivity index (χ3n) is 7.71. The van der Waals surface area contributed by atoms with Crippen LogP contribution in [0.25, 0.3) is 0 Å². The zero-order valence-electron chi connectivity index (χ0n) is 24.5. The number of carbonyl (C=O) groups excluding carboxylic acids is 2. The van der Waals surface area contributed by atoms with Gasteiger partial charge in [-0.1, -0.05) is 60.3 Å². The first-order valence-corrected chi connectivity index (χ1v) is 15.9. The predicted octanol–water partition coefficient (Wildman–Crippen LogP) is 5.64. The summed E-state index contributed by atoms with van der Waals surface area (Å²) in [5, 5.41) is 3.42. The van der Waals surface area contributed by atoms with Crippen LogP contribution in [0.5, 0.6) is 5.75 Å². The van der Waals surface area contributed by atoms with Crippen molar-refractivity contribution in [3.63, 3.8) is 0 Å². The molecule has 42 heavy (non-hydrogen) atoms. The minimum absolute atomic E-state index is 0.0500. The maximum Gasteiger partial charge on any atom is 0.264 e. The molecule has 1 saturated carbocycles. The van der Waals surface area contributed by atoms with E-state index in [1.807, 2.05) is 19.1 Å². The van der Waals surface area contributed by atoms with Crippen molar-refractivity contribution in [2.24, 2.45) is 0 Å². The van der Waals surface area contributed by atoms with Crippen LogP contribution < -0.4 is 14.4 Å². The number of carbonyl (C=O) groups is 2. The summed E-state index contributed by atoms with van der Waals surface area (Å²) in [6.45, 7) is 4.90. The molecule has 224 valence electrons. The minimum Gasteiger partial charge on any atom is -0.497 e. The van der Waals surface area contributed by atoms with Gasteiger partial charge in [0, 0.05) is 17.6 Å². The summed E-state index contributed by atoms with van der Waals surface area (Å²) in [6.07, 6.45) is 3.92. The van der Waals surface area contributed by atoms with Crippen molar-refractivity contribution >= 4 is 39.1 Å². The standard InChI is InChI=1S/C32H38ClN3O5S/c1-22-9-17-29(18-10-22)42(39,40)36(30-19-26(33)14-11-23(30)2)21-31(37)35(20-25-12-15-28(41-4)16-13-25)24(3)32(38)34-27-7-5-6-8-27/h9-19,24,27H,5-8,20-21H2,1-4H3,(H,34,38)/t24-/m1/s1. The SMILES string of the molecule is COc1ccc(CN(C(=O)CN(c2cc(Cl)ccc2C)S(=O)(=O)c2ccc(C)cc2)[C@H](C)C(=O)NC2CCCC2)cc1. The highest BCUT2D eigenvalue weighted by Gasteiger charge is 2.34. The Morgan fingerprint density at radius 2 is 1.64 bits per heavy atom. The average molecular weight is 612 g/mol. The second-order valence-corrected chi connectivity index (χ2v) is 13.1. The number of methoxy groups -OCH3 is 1. The largest absolute Gasteiger partial charge is 0.497 e. The third kappa shape index (κ3) is 7.44. The predicted molar refractivity (Wildman–Crippen MR) is 165 cm³/mol. The summed E-state index contributed by atoms with van der Waals surface area (Å²) in [4.78, 5) is 29.0. The fraction of sp³-hybridized carbons (Fsp3) is 0.375. The Morgan fingerprint density at radius 1 is 1.00 bits per heavy atom. The Bertz CT molecular complexity index is 1500. The van der Waals surface area contributed by atoms with Crippen LogP contribution >= 0.6 is 11.6 Å². The second-order valence-electron chi connectivity index (χ2n) is 10.8. The number of hydrogen-bond donors (Lipinski definition) is 1. The van der Waals surface area contributed by atoms with E-state index in [9.17, 15) is 18.0 Å². The number of benzene rings is 3. The van der Waals surface area contributed by atoms with Gasteiger partial charge in [-0.3, -0.25) is 13.9 Å². The Morgan fingerprint density at radius 3 is 2.26 bits per heavy atom. The molecule has 4 rings (SSSR count). The van der Waals surface area contributed by atoms with Crippen molar-refractivity contribution in [1.29, 1.82) is 0 Å². The molecular formula is C32H38ClN3O5S. The molecule has 1 aliphatic rings. The van der Waals surface area contributed by atoms with Gasteiger partial charge >= 0.3 is 0 Å². The van der Waals surface area contributed by atoms with Crippen LogP contribution in [0.1, 0.15) is 49.3 Å². The lowest BCUT2D eigenvalue weighted by atomic mass is 10.1. The number of sulfonamides is 1. The van der Waals surface area contributed by atoms with Gasteiger partial charge in [-0.25, -0.2) is 8.42 Å². The fourth-order valence-corrected chi connectivity index (χ4v) is 6.74. The molecule has 8 nitrogen and oxygen atoms in total. The van der Waals surface area contributed by atoms with E-state index in [2.05, 4.69) is 5.32 Å². The monoisotopic (exact) mass is 611 g/mol. The number of ether oxygens (including phenoxy) is 1. The van der Waals surface area contributed by atoms with Gasteiger partial charge in [-0.2, -0.15) is 0 Å². The summed E-state index contributed by atoms with van der Waals surface area (Å²) < 4.78 is 34.4. The molecular weight excluding hydrogens is 574 g/mol. The molecule has 0 bridgehead atoms. The summed E-state index contributed by atoms with van der Waals surface area (Å²) in [6, 6.07) is 17.8. The number of aryl methyl sites for hydroxylation is 2. The van der Waals surface area contributed by atoms with Gasteiger partial charge in [0.25, 0.3) is 10.0 Å². The number of anilines is 1. The highest BCUT2D eigenvalue weighted by atomic mass is 35.5. The number of nitrogens with zero attached hydrogens (tertiary/aromatic N) is 2. The average Bonchev–Trinajstić information content (AvgIpc) is 3.49. The van der Waals surface area contributed by atoms with Gasteiger partial charge in [0.2, 0.25) is 11.8 Å². The molecule has 0 unspecified atom stereocenters. The van der Waals surface area contributed by atoms with Gasteiger partial charge < -0.3 is 15.0 Å². The first kappa shape index (κ1) is 31.4. The van der Waals surface area contributed by atoms with E-state index < -0.39 is 28.5 Å². The number of halogens is 1. The van der Waals surface area contributed by atoms with Crippen LogP contribution in [0.4, 0.5) is 5.69 Å². The van der Waals surface area contributed by atoms with Gasteiger partial charge in [-0.05, 0) is 81.1 Å². The normalized spacial score (nSPS) is 14.3. The van der Waals surface area contributed by atoms with Crippen molar-refractivity contribution in [3.05, 3.63) is 88.4 Å². The lowest BCUT2D eigenvalue weighted by molar-refractivity contribution is -0.139. The molecule has 0 radical (unpaired) electrons. The number of amides is 2. The van der Waals surface area contributed by atoms with E-state index in [0.29, 0.717) is 22.0 Å². The molecule has 0 saturated heterocycles. The highest BCUT2D eigenvalue weighted by Crippen LogP contribution is 2.30. The molecule has 1 N–H and O–H groups in total. The second kappa shape index (κ2) is 13.6. The lowest BCUT2D eigenvalue weighted by Gasteiger charge is -2.33. The zero-order valence-corrected chi connectivity index (χ0v) is 26.0. The van der Waals surface area contributed by atoms with E-state index in [4.69, 9.17) is 16.3 Å². The molecule has 0 spiro atoms. The van der Waals surface area contributed by atoms with E-state index in [-0.39, 0.29) is 23.4 Å². The summed E-state index contributed by atoms with van der Waals surface area (Å²) >= 11 is 6.30. The van der Waals surface area contributed by atoms with Crippen molar-refractivity contribution < 1.29 is 22.7 Å². The Kier molecular flexibility index (Phi) is 10.2. The quantitative estimate of drug-likeness (QED) is 0.303. The van der Waals surface area contributed by atoms with E-state index >= 15 is 0 Å². The molecule has 10 heteroatoms. The first-order valence-electron chi connectivity index (χ1n) is 14.1. The van der Waals surface area contributed by atoms with Crippen LogP contribution in [-0.4, -0.2) is 50.9 Å². The Hall–Kier alpha value is -3.56. The van der Waals surface area contributed by atoms with E-state index in [1.54, 1.807) is 63.4 Å². The molecule has 0 heterocycles. The number of hydrogen-bond acceptors (Lipinski definition) is 5. The van der Waals surface area contributed by atoms with Crippen molar-refractivity contribution in [1.82, 2.24) is 10.2 Å². The Balaban J connectivity index is 1.71. The van der Waals surface area contributed by atoms with Crippen molar-refractivity contribution in [2.45, 2.75) is 70.0 Å². The van der Waals surface area contributed by atoms with Gasteiger partial charge in [0.1, 0.15) is 18.3 Å². The Labute approximate surface area is 253 Å². The van der Waals surface area contributed by atoms with Gasteiger partial charge in [-0.15, -0.1) is 0 Å². The molecule has 0 aromatic heterocycles. The molecule has 2 amide bonds. The third-order valence-corrected chi connectivity index (χ3v) is 9.72. The molecule has 1 atom stereocenters. The summed E-state index contributed by atoms with van der Waals surface area (Å²) in [5.74, 6) is -0.124. The van der Waals surface area contributed by atoms with Crippen LogP contribution in [0.15, 0.2) is 71.6 Å². The van der Waals surface area contributed by atoms with Crippen LogP contribution in [-0.2, 0) is 26.2 Å². The first-order chi connectivity index (χ1) is 20.0. The number of nitrogens with one attached hydrogen (secondary N) is 1. The summed E-state index contributed by atoms with van der Waals surface area (Å²) in [7, 11) is -2.60. The molecule has 3 aromatic rings. The van der Waals surface area contributed by atoms with Gasteiger partial charge in [0.05, 0.1) is 17.7 Å². The molecule has 1 fully saturated rings. The minimum atomic E-state index is -4.18. The molecule has 0 aliphatic heterocycles. The van der Waals surface area contributed by atoms with Gasteiger partial charge in [0.15, 0.2) is 0 Å². The molecule has 3 aromatic carbocycles. The van der Waals surface area contributed by atoms with Crippen molar-refractivity contribution in [3.8, 4) is 5.75 Å². The lowest BCUT2D eigenvalue weighted by Crippen LogP contribution is -2.52. The maximum absolute atomic E-state index is 14.1. The van der Waals surface area contributed by atoms with Crippen LogP contribution in [0.3, 0.4) is 0 Å². The maximum atomic E-state index is 14.1. The number of rotatable bonds is 11. The fourth-order valence-electron chi connectivity index (χ4n) is 5.10. The topological polar surface area (TPSA) is 96.0 Å². The van der Waals surface area contributed by atoms with Crippen molar-refractivity contribution in [2.75, 3.05) is 18.0 Å². The van der Waals surface area contributed by atoms with E-state index in [0.717, 1.165) is 41.1 Å². The molecule has 1 aliphatic carbocycles. The highest BCUT2D eigenvalue weighted by molar-refractivity contribution is 7.92.